The quantitative estimate of drug-likeness (QED) is 0.849. The Morgan fingerprint density at radius 3 is 2.54 bits per heavy atom. The lowest BCUT2D eigenvalue weighted by atomic mass is 10.1. The molecular weight excluding hydrogens is 315 g/mol. The molecular formula is C17H17FN2O4. The van der Waals surface area contributed by atoms with E-state index in [0.717, 1.165) is 0 Å². The maximum absolute atomic E-state index is 13.1. The van der Waals surface area contributed by atoms with E-state index < -0.39 is 5.91 Å². The number of nitrogens with two attached hydrogens (primary N) is 1. The van der Waals surface area contributed by atoms with Crippen LogP contribution in [0.1, 0.15) is 15.9 Å². The molecule has 126 valence electrons. The number of hydrogen-bond acceptors (Lipinski definition) is 4. The van der Waals surface area contributed by atoms with E-state index in [1.165, 1.54) is 43.5 Å². The molecule has 0 spiro atoms. The van der Waals surface area contributed by atoms with Crippen LogP contribution in [0.5, 0.6) is 11.5 Å². The number of carbonyl (C=O) groups excluding carboxylic acids is 2. The summed E-state index contributed by atoms with van der Waals surface area (Å²) in [5.74, 6) is -0.788. The predicted molar refractivity (Wildman–Crippen MR) is 86.8 cm³/mol. The zero-order valence-corrected chi connectivity index (χ0v) is 13.3. The highest BCUT2D eigenvalue weighted by Gasteiger charge is 2.13. The highest BCUT2D eigenvalue weighted by Crippen LogP contribution is 2.28. The van der Waals surface area contributed by atoms with E-state index in [9.17, 15) is 14.0 Å². The summed E-state index contributed by atoms with van der Waals surface area (Å²) in [6, 6.07) is 8.59. The van der Waals surface area contributed by atoms with Crippen molar-refractivity contribution in [3.63, 3.8) is 0 Å². The average Bonchev–Trinajstić information content (AvgIpc) is 2.55. The summed E-state index contributed by atoms with van der Waals surface area (Å²) in [6.07, 6.45) is 0. The number of primary amides is 1. The molecule has 0 bridgehead atoms. The molecule has 2 aromatic rings. The van der Waals surface area contributed by atoms with Gasteiger partial charge in [-0.05, 0) is 48.9 Å². The molecule has 3 N–H and O–H groups in total. The Bertz CT molecular complexity index is 777. The predicted octanol–water partition coefficient (Wildman–Crippen LogP) is 2.26. The van der Waals surface area contributed by atoms with Crippen LogP contribution in [-0.2, 0) is 4.79 Å². The highest BCUT2D eigenvalue weighted by molar-refractivity contribution is 6.05. The summed E-state index contributed by atoms with van der Waals surface area (Å²) in [5.41, 5.74) is 6.46. The number of amides is 2. The van der Waals surface area contributed by atoms with Crippen LogP contribution in [0.2, 0.25) is 0 Å². The van der Waals surface area contributed by atoms with Crippen LogP contribution in [0.3, 0.4) is 0 Å². The fourth-order valence-electron chi connectivity index (χ4n) is 2.04. The molecule has 0 fully saturated rings. The fraction of sp³-hybridized carbons (Fsp3) is 0.176. The Kier molecular flexibility index (Phi) is 5.36. The van der Waals surface area contributed by atoms with E-state index in [-0.39, 0.29) is 18.3 Å². The largest absolute Gasteiger partial charge is 0.493 e. The SMILES string of the molecule is COc1cc(C(=O)Nc2ccc(F)cc2C)ccc1OCC(N)=O. The van der Waals surface area contributed by atoms with Crippen LogP contribution < -0.4 is 20.5 Å². The summed E-state index contributed by atoms with van der Waals surface area (Å²) in [4.78, 5) is 23.1. The number of halogens is 1. The van der Waals surface area contributed by atoms with E-state index in [1.807, 2.05) is 0 Å². The van der Waals surface area contributed by atoms with Gasteiger partial charge in [0.2, 0.25) is 0 Å². The highest BCUT2D eigenvalue weighted by atomic mass is 19.1. The number of hydrogen-bond donors (Lipinski definition) is 2. The first-order valence-corrected chi connectivity index (χ1v) is 7.07. The number of rotatable bonds is 6. The average molecular weight is 332 g/mol. The first-order chi connectivity index (χ1) is 11.4. The molecule has 2 rings (SSSR count). The summed E-state index contributed by atoms with van der Waals surface area (Å²) < 4.78 is 23.5. The molecule has 0 atom stereocenters. The van der Waals surface area contributed by atoms with Gasteiger partial charge in [0.05, 0.1) is 7.11 Å². The number of methoxy groups -OCH3 is 1. The van der Waals surface area contributed by atoms with E-state index in [0.29, 0.717) is 28.3 Å². The Morgan fingerprint density at radius 1 is 1.17 bits per heavy atom. The van der Waals surface area contributed by atoms with Crippen LogP contribution in [0, 0.1) is 12.7 Å². The molecule has 0 unspecified atom stereocenters. The molecule has 7 heteroatoms. The Hall–Kier alpha value is -3.09. The first-order valence-electron chi connectivity index (χ1n) is 7.07. The summed E-state index contributed by atoms with van der Waals surface area (Å²) >= 11 is 0. The molecule has 0 aliphatic heterocycles. The van der Waals surface area contributed by atoms with Crippen LogP contribution in [-0.4, -0.2) is 25.5 Å². The molecule has 24 heavy (non-hydrogen) atoms. The summed E-state index contributed by atoms with van der Waals surface area (Å²) in [6.45, 7) is 1.40. The van der Waals surface area contributed by atoms with Gasteiger partial charge >= 0.3 is 0 Å². The van der Waals surface area contributed by atoms with Gasteiger partial charge < -0.3 is 20.5 Å². The molecule has 0 saturated heterocycles. The maximum atomic E-state index is 13.1. The summed E-state index contributed by atoms with van der Waals surface area (Å²) in [5, 5.41) is 2.70. The zero-order valence-electron chi connectivity index (χ0n) is 13.3. The zero-order chi connectivity index (χ0) is 17.7. The minimum absolute atomic E-state index is 0.291. The van der Waals surface area contributed by atoms with Crippen LogP contribution in [0.15, 0.2) is 36.4 Å². The second-order valence-corrected chi connectivity index (χ2v) is 5.03. The van der Waals surface area contributed by atoms with Crippen molar-refractivity contribution in [2.75, 3.05) is 19.0 Å². The molecule has 0 aliphatic rings. The minimum Gasteiger partial charge on any atom is -0.493 e. The smallest absolute Gasteiger partial charge is 0.255 e. The monoisotopic (exact) mass is 332 g/mol. The van der Waals surface area contributed by atoms with Crippen molar-refractivity contribution in [3.8, 4) is 11.5 Å². The number of ether oxygens (including phenoxy) is 2. The number of benzene rings is 2. The third-order valence-corrected chi connectivity index (χ3v) is 3.23. The Balaban J connectivity index is 2.18. The second-order valence-electron chi connectivity index (χ2n) is 5.03. The molecule has 2 aromatic carbocycles. The van der Waals surface area contributed by atoms with E-state index in [2.05, 4.69) is 5.32 Å². The third-order valence-electron chi connectivity index (χ3n) is 3.23. The van der Waals surface area contributed by atoms with Gasteiger partial charge in [0.1, 0.15) is 5.82 Å². The standard InChI is InChI=1S/C17H17FN2O4/c1-10-7-12(18)4-5-13(10)20-17(22)11-3-6-14(15(8-11)23-2)24-9-16(19)21/h3-8H,9H2,1-2H3,(H2,19,21)(H,20,22). The van der Waals surface area contributed by atoms with Crippen molar-refractivity contribution in [1.29, 1.82) is 0 Å². The third kappa shape index (κ3) is 4.22. The normalized spacial score (nSPS) is 10.1. The van der Waals surface area contributed by atoms with E-state index >= 15 is 0 Å². The van der Waals surface area contributed by atoms with E-state index in [1.54, 1.807) is 6.92 Å². The number of carbonyl (C=O) groups is 2. The summed E-state index contributed by atoms with van der Waals surface area (Å²) in [7, 11) is 1.41. The van der Waals surface area contributed by atoms with Crippen molar-refractivity contribution in [2.24, 2.45) is 5.73 Å². The molecule has 0 aliphatic carbocycles. The van der Waals surface area contributed by atoms with Crippen molar-refractivity contribution in [3.05, 3.63) is 53.3 Å². The first kappa shape index (κ1) is 17.3. The van der Waals surface area contributed by atoms with Gasteiger partial charge in [-0.1, -0.05) is 0 Å². The lowest BCUT2D eigenvalue weighted by Gasteiger charge is -2.12. The molecule has 0 saturated carbocycles. The number of anilines is 1. The molecule has 2 amide bonds. The number of aryl methyl sites for hydroxylation is 1. The van der Waals surface area contributed by atoms with E-state index in [4.69, 9.17) is 15.2 Å². The van der Waals surface area contributed by atoms with Crippen LogP contribution >= 0.6 is 0 Å². The van der Waals surface area contributed by atoms with Gasteiger partial charge in [-0.2, -0.15) is 0 Å². The number of nitrogens with one attached hydrogen (secondary N) is 1. The van der Waals surface area contributed by atoms with Gasteiger partial charge in [0, 0.05) is 11.3 Å². The fourth-order valence-corrected chi connectivity index (χ4v) is 2.04. The van der Waals surface area contributed by atoms with Crippen LogP contribution in [0.4, 0.5) is 10.1 Å². The van der Waals surface area contributed by atoms with Crippen molar-refractivity contribution in [2.45, 2.75) is 6.92 Å². The van der Waals surface area contributed by atoms with Gasteiger partial charge in [-0.3, -0.25) is 9.59 Å². The van der Waals surface area contributed by atoms with Gasteiger partial charge in [0.15, 0.2) is 18.1 Å². The lowest BCUT2D eigenvalue weighted by Crippen LogP contribution is -2.20. The molecule has 0 radical (unpaired) electrons. The second kappa shape index (κ2) is 7.45. The molecule has 6 nitrogen and oxygen atoms in total. The van der Waals surface area contributed by atoms with Crippen LogP contribution in [0.25, 0.3) is 0 Å². The van der Waals surface area contributed by atoms with Gasteiger partial charge in [0.25, 0.3) is 11.8 Å². The molecule has 0 heterocycles. The Morgan fingerprint density at radius 2 is 1.92 bits per heavy atom. The maximum Gasteiger partial charge on any atom is 0.255 e. The van der Waals surface area contributed by atoms with Gasteiger partial charge in [-0.15, -0.1) is 0 Å². The topological polar surface area (TPSA) is 90.7 Å². The minimum atomic E-state index is -0.620. The van der Waals surface area contributed by atoms with Crippen molar-refractivity contribution in [1.82, 2.24) is 0 Å². The van der Waals surface area contributed by atoms with Crippen molar-refractivity contribution >= 4 is 17.5 Å². The Labute approximate surface area is 138 Å². The van der Waals surface area contributed by atoms with Crippen molar-refractivity contribution < 1.29 is 23.5 Å². The lowest BCUT2D eigenvalue weighted by molar-refractivity contribution is -0.119. The van der Waals surface area contributed by atoms with Gasteiger partial charge in [-0.25, -0.2) is 4.39 Å². The molecule has 0 aromatic heterocycles.